The third kappa shape index (κ3) is 3.06. The van der Waals surface area contributed by atoms with Gasteiger partial charge in [-0.3, -0.25) is 0 Å². The van der Waals surface area contributed by atoms with Gasteiger partial charge in [0.1, 0.15) is 0 Å². The minimum atomic E-state index is -0.631. The molecule has 0 unspecified atom stereocenters. The monoisotopic (exact) mass is 238 g/mol. The lowest BCUT2D eigenvalue weighted by atomic mass is 9.81. The van der Waals surface area contributed by atoms with E-state index in [2.05, 4.69) is 0 Å². The number of aliphatic hydroxyl groups is 1. The van der Waals surface area contributed by atoms with Crippen LogP contribution < -0.4 is 0 Å². The van der Waals surface area contributed by atoms with E-state index in [1.54, 1.807) is 14.2 Å². The number of hydrogen-bond donors (Lipinski definition) is 1. The highest BCUT2D eigenvalue weighted by molar-refractivity contribution is 5.24. The van der Waals surface area contributed by atoms with Crippen molar-refractivity contribution in [2.24, 2.45) is 5.41 Å². The molecule has 0 aliphatic carbocycles. The van der Waals surface area contributed by atoms with E-state index >= 15 is 0 Å². The predicted octanol–water partition coefficient (Wildman–Crippen LogP) is 2.67. The maximum absolute atomic E-state index is 10.4. The first-order chi connectivity index (χ1) is 7.93. The maximum Gasteiger partial charge on any atom is 0.164 e. The zero-order chi connectivity index (χ0) is 13.1. The van der Waals surface area contributed by atoms with E-state index in [1.807, 2.05) is 45.0 Å². The Morgan fingerprint density at radius 3 is 1.94 bits per heavy atom. The fourth-order valence-electron chi connectivity index (χ4n) is 2.01. The molecule has 0 amide bonds. The molecule has 0 bridgehead atoms. The van der Waals surface area contributed by atoms with Gasteiger partial charge < -0.3 is 14.6 Å². The summed E-state index contributed by atoms with van der Waals surface area (Å²) >= 11 is 0. The van der Waals surface area contributed by atoms with Crippen molar-refractivity contribution in [3.05, 3.63) is 35.4 Å². The number of aliphatic hydroxyl groups excluding tert-OH is 1. The van der Waals surface area contributed by atoms with E-state index in [9.17, 15) is 5.11 Å². The summed E-state index contributed by atoms with van der Waals surface area (Å²) in [7, 11) is 3.16. The Labute approximate surface area is 103 Å². The van der Waals surface area contributed by atoms with Gasteiger partial charge in [0, 0.05) is 19.6 Å². The molecule has 0 aromatic heterocycles. The topological polar surface area (TPSA) is 38.7 Å². The van der Waals surface area contributed by atoms with E-state index in [0.29, 0.717) is 0 Å². The van der Waals surface area contributed by atoms with Gasteiger partial charge in [0.05, 0.1) is 6.10 Å². The summed E-state index contributed by atoms with van der Waals surface area (Å²) in [6, 6.07) is 7.85. The van der Waals surface area contributed by atoms with Crippen molar-refractivity contribution in [1.29, 1.82) is 0 Å². The van der Waals surface area contributed by atoms with Crippen LogP contribution in [0.3, 0.4) is 0 Å². The highest BCUT2D eigenvalue weighted by atomic mass is 16.7. The van der Waals surface area contributed by atoms with Crippen LogP contribution in [0.5, 0.6) is 0 Å². The van der Waals surface area contributed by atoms with Crippen molar-refractivity contribution >= 4 is 0 Å². The van der Waals surface area contributed by atoms with Crippen LogP contribution in [0.2, 0.25) is 0 Å². The second-order valence-corrected chi connectivity index (χ2v) is 4.94. The van der Waals surface area contributed by atoms with Gasteiger partial charge in [-0.1, -0.05) is 43.7 Å². The van der Waals surface area contributed by atoms with Gasteiger partial charge >= 0.3 is 0 Å². The smallest absolute Gasteiger partial charge is 0.164 e. The molecule has 3 heteroatoms. The molecule has 0 aliphatic rings. The molecule has 1 aromatic rings. The van der Waals surface area contributed by atoms with Crippen LogP contribution in [0.4, 0.5) is 0 Å². The van der Waals surface area contributed by atoms with E-state index in [4.69, 9.17) is 9.47 Å². The molecule has 1 rings (SSSR count). The van der Waals surface area contributed by atoms with Crippen LogP contribution in [0.25, 0.3) is 0 Å². The zero-order valence-electron chi connectivity index (χ0n) is 11.2. The molecule has 0 saturated heterocycles. The molecule has 1 atom stereocenters. The van der Waals surface area contributed by atoms with Crippen LogP contribution in [-0.4, -0.2) is 25.6 Å². The normalized spacial score (nSPS) is 14.1. The molecule has 0 heterocycles. The van der Waals surface area contributed by atoms with Gasteiger partial charge in [-0.15, -0.1) is 0 Å². The van der Waals surface area contributed by atoms with E-state index in [-0.39, 0.29) is 0 Å². The SMILES string of the molecule is COC(OC)C(C)(C)[C@H](O)c1ccc(C)cc1. The molecular weight excluding hydrogens is 216 g/mol. The Hall–Kier alpha value is -0.900. The quantitative estimate of drug-likeness (QED) is 0.801. The van der Waals surface area contributed by atoms with Crippen LogP contribution >= 0.6 is 0 Å². The van der Waals surface area contributed by atoms with Gasteiger partial charge in [-0.25, -0.2) is 0 Å². The van der Waals surface area contributed by atoms with E-state index < -0.39 is 17.8 Å². The summed E-state index contributed by atoms with van der Waals surface area (Å²) in [5.41, 5.74) is 1.53. The second kappa shape index (κ2) is 5.63. The summed E-state index contributed by atoms with van der Waals surface area (Å²) in [6.07, 6.45) is -1.08. The van der Waals surface area contributed by atoms with E-state index in [1.165, 1.54) is 5.56 Å². The third-order valence-electron chi connectivity index (χ3n) is 3.13. The number of rotatable bonds is 5. The number of methoxy groups -OCH3 is 2. The summed E-state index contributed by atoms with van der Waals surface area (Å²) in [5, 5.41) is 10.4. The highest BCUT2D eigenvalue weighted by Crippen LogP contribution is 2.37. The minimum Gasteiger partial charge on any atom is -0.388 e. The molecule has 0 saturated carbocycles. The Morgan fingerprint density at radius 1 is 1.06 bits per heavy atom. The fourth-order valence-corrected chi connectivity index (χ4v) is 2.01. The van der Waals surface area contributed by atoms with Crippen LogP contribution in [0.1, 0.15) is 31.1 Å². The van der Waals surface area contributed by atoms with Crippen molar-refractivity contribution in [1.82, 2.24) is 0 Å². The van der Waals surface area contributed by atoms with Gasteiger partial charge in [-0.2, -0.15) is 0 Å². The Bertz CT molecular complexity index is 339. The number of aryl methyl sites for hydroxylation is 1. The predicted molar refractivity (Wildman–Crippen MR) is 67.7 cm³/mol. The van der Waals surface area contributed by atoms with Crippen molar-refractivity contribution < 1.29 is 14.6 Å². The van der Waals surface area contributed by atoms with Crippen molar-refractivity contribution in [3.8, 4) is 0 Å². The fraction of sp³-hybridized carbons (Fsp3) is 0.571. The Balaban J connectivity index is 2.94. The number of ether oxygens (including phenoxy) is 2. The lowest BCUT2D eigenvalue weighted by molar-refractivity contribution is -0.198. The van der Waals surface area contributed by atoms with Crippen LogP contribution in [0.15, 0.2) is 24.3 Å². The molecule has 3 nitrogen and oxygen atoms in total. The summed E-state index contributed by atoms with van der Waals surface area (Å²) < 4.78 is 10.5. The average molecular weight is 238 g/mol. The third-order valence-corrected chi connectivity index (χ3v) is 3.13. The molecule has 17 heavy (non-hydrogen) atoms. The molecule has 96 valence electrons. The minimum absolute atomic E-state index is 0.446. The molecule has 0 aliphatic heterocycles. The maximum atomic E-state index is 10.4. The number of hydrogen-bond acceptors (Lipinski definition) is 3. The summed E-state index contributed by atoms with van der Waals surface area (Å²) in [5.74, 6) is 0. The molecule has 1 N–H and O–H groups in total. The van der Waals surface area contributed by atoms with Gasteiger partial charge in [0.15, 0.2) is 6.29 Å². The van der Waals surface area contributed by atoms with Crippen molar-refractivity contribution in [2.45, 2.75) is 33.2 Å². The van der Waals surface area contributed by atoms with Gasteiger partial charge in [0.25, 0.3) is 0 Å². The van der Waals surface area contributed by atoms with Crippen molar-refractivity contribution in [3.63, 3.8) is 0 Å². The molecule has 0 radical (unpaired) electrons. The number of benzene rings is 1. The first kappa shape index (κ1) is 14.2. The summed E-state index contributed by atoms with van der Waals surface area (Å²) in [6.45, 7) is 5.87. The standard InChI is InChI=1S/C14H22O3/c1-10-6-8-11(9-7-10)12(15)14(2,3)13(16-4)17-5/h6-9,12-13,15H,1-5H3/t12-/m1/s1. The zero-order valence-corrected chi connectivity index (χ0v) is 11.2. The summed E-state index contributed by atoms with van der Waals surface area (Å²) in [4.78, 5) is 0. The highest BCUT2D eigenvalue weighted by Gasteiger charge is 2.38. The first-order valence-corrected chi connectivity index (χ1v) is 5.73. The lowest BCUT2D eigenvalue weighted by Gasteiger charge is -2.36. The van der Waals surface area contributed by atoms with E-state index in [0.717, 1.165) is 5.56 Å². The van der Waals surface area contributed by atoms with Gasteiger partial charge in [0.2, 0.25) is 0 Å². The molecule has 0 fully saturated rings. The largest absolute Gasteiger partial charge is 0.388 e. The Morgan fingerprint density at radius 2 is 1.53 bits per heavy atom. The van der Waals surface area contributed by atoms with Crippen molar-refractivity contribution in [2.75, 3.05) is 14.2 Å². The average Bonchev–Trinajstić information content (AvgIpc) is 2.30. The molecule has 0 spiro atoms. The molecular formula is C14H22O3. The van der Waals surface area contributed by atoms with Crippen LogP contribution in [-0.2, 0) is 9.47 Å². The van der Waals surface area contributed by atoms with Gasteiger partial charge in [-0.05, 0) is 12.5 Å². The molecule has 1 aromatic carbocycles. The first-order valence-electron chi connectivity index (χ1n) is 5.73. The second-order valence-electron chi connectivity index (χ2n) is 4.94. The Kier molecular flexibility index (Phi) is 4.69. The van der Waals surface area contributed by atoms with Crippen LogP contribution in [0, 0.1) is 12.3 Å². The lowest BCUT2D eigenvalue weighted by Crippen LogP contribution is -2.38.